The number of morpholine rings is 1. The van der Waals surface area contributed by atoms with Gasteiger partial charge in [0.1, 0.15) is 5.69 Å². The van der Waals surface area contributed by atoms with Crippen LogP contribution in [0.3, 0.4) is 0 Å². The van der Waals surface area contributed by atoms with Crippen LogP contribution in [0.2, 0.25) is 0 Å². The molecule has 1 fully saturated rings. The third-order valence-electron chi connectivity index (χ3n) is 4.77. The van der Waals surface area contributed by atoms with Crippen LogP contribution in [-0.2, 0) is 15.7 Å². The van der Waals surface area contributed by atoms with E-state index in [0.717, 1.165) is 17.8 Å². The maximum absolute atomic E-state index is 13.5. The van der Waals surface area contributed by atoms with E-state index in [1.54, 1.807) is 17.0 Å². The van der Waals surface area contributed by atoms with Gasteiger partial charge in [0.25, 0.3) is 0 Å². The molecule has 1 amide bonds. The summed E-state index contributed by atoms with van der Waals surface area (Å²) >= 11 is 0.871. The first-order valence-electron chi connectivity index (χ1n) is 9.85. The topological polar surface area (TPSA) is 73.8 Å². The van der Waals surface area contributed by atoms with Gasteiger partial charge in [0, 0.05) is 18.7 Å². The highest BCUT2D eigenvalue weighted by Gasteiger charge is 2.34. The van der Waals surface area contributed by atoms with Crippen molar-refractivity contribution in [2.24, 2.45) is 0 Å². The Bertz CT molecular complexity index is 964. The number of ether oxygens (including phenoxy) is 3. The standard InChI is InChI=1S/C21H24F3N3O4S/c1-12-9-27(10-13(2)31-12)19(28)11-32-20-25-15(8-18(26-20)21(22,23)24)14-5-6-16(29-3)17(7-14)30-4/h5-8,12-13H,9-11H2,1-4H3/t12-,13+. The molecule has 0 N–H and O–H groups in total. The van der Waals surface area contributed by atoms with Gasteiger partial charge in [0.15, 0.2) is 16.7 Å². The highest BCUT2D eigenvalue weighted by molar-refractivity contribution is 7.99. The molecule has 11 heteroatoms. The molecular formula is C21H24F3N3O4S. The molecule has 0 spiro atoms. The SMILES string of the molecule is COc1ccc(-c2cc(C(F)(F)F)nc(SCC(=O)N3C[C@@H](C)O[C@@H](C)C3)n2)cc1OC. The zero-order chi connectivity index (χ0) is 23.5. The van der Waals surface area contributed by atoms with E-state index in [4.69, 9.17) is 14.2 Å². The molecule has 1 aromatic heterocycles. The molecule has 1 aliphatic heterocycles. The molecule has 174 valence electrons. The highest BCUT2D eigenvalue weighted by atomic mass is 32.2. The fourth-order valence-corrected chi connectivity index (χ4v) is 4.14. The van der Waals surface area contributed by atoms with Crippen molar-refractivity contribution in [3.63, 3.8) is 0 Å². The van der Waals surface area contributed by atoms with Gasteiger partial charge in [-0.3, -0.25) is 4.79 Å². The highest BCUT2D eigenvalue weighted by Crippen LogP contribution is 2.35. The number of hydrogen-bond donors (Lipinski definition) is 0. The van der Waals surface area contributed by atoms with Crippen LogP contribution < -0.4 is 9.47 Å². The van der Waals surface area contributed by atoms with Crippen LogP contribution in [0.1, 0.15) is 19.5 Å². The summed E-state index contributed by atoms with van der Waals surface area (Å²) in [7, 11) is 2.90. The van der Waals surface area contributed by atoms with E-state index in [1.165, 1.54) is 20.3 Å². The molecule has 0 bridgehead atoms. The molecule has 0 unspecified atom stereocenters. The second-order valence-corrected chi connectivity index (χ2v) is 8.28. The minimum Gasteiger partial charge on any atom is -0.493 e. The number of nitrogens with zero attached hydrogens (tertiary/aromatic N) is 3. The first-order valence-corrected chi connectivity index (χ1v) is 10.8. The van der Waals surface area contributed by atoms with Crippen LogP contribution in [0.15, 0.2) is 29.4 Å². The van der Waals surface area contributed by atoms with Crippen LogP contribution in [0.4, 0.5) is 13.2 Å². The van der Waals surface area contributed by atoms with Crippen molar-refractivity contribution in [1.29, 1.82) is 0 Å². The van der Waals surface area contributed by atoms with E-state index in [9.17, 15) is 18.0 Å². The van der Waals surface area contributed by atoms with Gasteiger partial charge in [-0.25, -0.2) is 9.97 Å². The van der Waals surface area contributed by atoms with E-state index in [-0.39, 0.29) is 34.7 Å². The number of hydrogen-bond acceptors (Lipinski definition) is 7. The number of alkyl halides is 3. The van der Waals surface area contributed by atoms with Gasteiger partial charge < -0.3 is 19.1 Å². The molecule has 1 saturated heterocycles. The van der Waals surface area contributed by atoms with Gasteiger partial charge in [-0.05, 0) is 38.1 Å². The number of benzene rings is 1. The molecule has 2 atom stereocenters. The molecule has 1 aromatic carbocycles. The molecule has 2 heterocycles. The Morgan fingerprint density at radius 3 is 2.38 bits per heavy atom. The van der Waals surface area contributed by atoms with Gasteiger partial charge in [-0.1, -0.05) is 11.8 Å². The number of methoxy groups -OCH3 is 2. The summed E-state index contributed by atoms with van der Waals surface area (Å²) in [6.45, 7) is 4.61. The van der Waals surface area contributed by atoms with Crippen LogP contribution in [0.5, 0.6) is 11.5 Å². The van der Waals surface area contributed by atoms with Crippen molar-refractivity contribution < 1.29 is 32.2 Å². The number of thioether (sulfide) groups is 1. The summed E-state index contributed by atoms with van der Waals surface area (Å²) in [6, 6.07) is 5.58. The molecule has 32 heavy (non-hydrogen) atoms. The van der Waals surface area contributed by atoms with Crippen LogP contribution in [0.25, 0.3) is 11.3 Å². The zero-order valence-electron chi connectivity index (χ0n) is 18.1. The van der Waals surface area contributed by atoms with Crippen molar-refractivity contribution in [2.75, 3.05) is 33.1 Å². The van der Waals surface area contributed by atoms with Crippen LogP contribution in [0, 0.1) is 0 Å². The quantitative estimate of drug-likeness (QED) is 0.467. The summed E-state index contributed by atoms with van der Waals surface area (Å²) in [5.74, 6) is 0.518. The Kier molecular flexibility index (Phi) is 7.50. The van der Waals surface area contributed by atoms with Crippen molar-refractivity contribution in [3.8, 4) is 22.8 Å². The lowest BCUT2D eigenvalue weighted by Gasteiger charge is -2.35. The molecule has 0 aliphatic carbocycles. The van der Waals surface area contributed by atoms with Gasteiger partial charge in [-0.15, -0.1) is 0 Å². The minimum atomic E-state index is -4.66. The number of aromatic nitrogens is 2. The summed E-state index contributed by atoms with van der Waals surface area (Å²) in [5, 5.41) is -0.132. The van der Waals surface area contributed by atoms with Crippen molar-refractivity contribution in [1.82, 2.24) is 14.9 Å². The van der Waals surface area contributed by atoms with E-state index >= 15 is 0 Å². The third-order valence-corrected chi connectivity index (χ3v) is 5.60. The summed E-state index contributed by atoms with van der Waals surface area (Å²) in [5.41, 5.74) is -0.614. The summed E-state index contributed by atoms with van der Waals surface area (Å²) in [6.07, 6.45) is -4.87. The molecule has 1 aliphatic rings. The predicted molar refractivity (Wildman–Crippen MR) is 113 cm³/mol. The Morgan fingerprint density at radius 2 is 1.78 bits per heavy atom. The summed E-state index contributed by atoms with van der Waals surface area (Å²) < 4.78 is 56.4. The molecule has 0 radical (unpaired) electrons. The maximum Gasteiger partial charge on any atom is 0.433 e. The average molecular weight is 472 g/mol. The molecule has 2 aromatic rings. The summed E-state index contributed by atoms with van der Waals surface area (Å²) in [4.78, 5) is 22.1. The fourth-order valence-electron chi connectivity index (χ4n) is 3.38. The monoisotopic (exact) mass is 471 g/mol. The second kappa shape index (κ2) is 9.95. The van der Waals surface area contributed by atoms with Gasteiger partial charge in [-0.2, -0.15) is 13.2 Å². The lowest BCUT2D eigenvalue weighted by Crippen LogP contribution is -2.48. The third kappa shape index (κ3) is 5.83. The number of rotatable bonds is 6. The van der Waals surface area contributed by atoms with E-state index < -0.39 is 11.9 Å². The Hall–Kier alpha value is -2.53. The van der Waals surface area contributed by atoms with Gasteiger partial charge in [0.2, 0.25) is 5.91 Å². The Balaban J connectivity index is 1.86. The first-order chi connectivity index (χ1) is 15.1. The molecule has 0 saturated carbocycles. The van der Waals surface area contributed by atoms with Gasteiger partial charge >= 0.3 is 6.18 Å². The molecular weight excluding hydrogens is 447 g/mol. The fraction of sp³-hybridized carbons (Fsp3) is 0.476. The van der Waals surface area contributed by atoms with Crippen molar-refractivity contribution >= 4 is 17.7 Å². The second-order valence-electron chi connectivity index (χ2n) is 7.33. The number of halogens is 3. The number of carbonyl (C=O) groups excluding carboxylic acids is 1. The largest absolute Gasteiger partial charge is 0.493 e. The Labute approximate surface area is 188 Å². The first kappa shape index (κ1) is 24.1. The van der Waals surface area contributed by atoms with Gasteiger partial charge in [0.05, 0.1) is 37.9 Å². The molecule has 7 nitrogen and oxygen atoms in total. The van der Waals surface area contributed by atoms with Crippen LogP contribution in [-0.4, -0.2) is 66.0 Å². The van der Waals surface area contributed by atoms with E-state index in [1.807, 2.05) is 13.8 Å². The van der Waals surface area contributed by atoms with Crippen LogP contribution >= 0.6 is 11.8 Å². The molecule has 3 rings (SSSR count). The maximum atomic E-state index is 13.5. The normalized spacial score (nSPS) is 19.0. The minimum absolute atomic E-state index is 0.0665. The smallest absolute Gasteiger partial charge is 0.433 e. The Morgan fingerprint density at radius 1 is 1.12 bits per heavy atom. The lowest BCUT2D eigenvalue weighted by molar-refractivity contribution is -0.141. The zero-order valence-corrected chi connectivity index (χ0v) is 18.9. The lowest BCUT2D eigenvalue weighted by atomic mass is 10.1. The van der Waals surface area contributed by atoms with E-state index in [2.05, 4.69) is 9.97 Å². The van der Waals surface area contributed by atoms with Crippen molar-refractivity contribution in [2.45, 2.75) is 37.4 Å². The average Bonchev–Trinajstić information content (AvgIpc) is 2.75. The van der Waals surface area contributed by atoms with Crippen molar-refractivity contribution in [3.05, 3.63) is 30.0 Å². The van der Waals surface area contributed by atoms with E-state index in [0.29, 0.717) is 30.2 Å². The number of amides is 1. The predicted octanol–water partition coefficient (Wildman–Crippen LogP) is 3.91. The number of carbonyl (C=O) groups is 1.